The van der Waals surface area contributed by atoms with Crippen LogP contribution in [0.5, 0.6) is 11.5 Å². The maximum Gasteiger partial charge on any atom is 0.573 e. The molecule has 0 radical (unpaired) electrons. The largest absolute Gasteiger partial charge is 0.573 e. The van der Waals surface area contributed by atoms with Crippen molar-refractivity contribution in [1.29, 1.82) is 5.26 Å². The number of benzene rings is 2. The van der Waals surface area contributed by atoms with Gasteiger partial charge in [0.2, 0.25) is 0 Å². The van der Waals surface area contributed by atoms with Crippen molar-refractivity contribution in [1.82, 2.24) is 0 Å². The predicted molar refractivity (Wildman–Crippen MR) is 79.2 cm³/mol. The molecule has 3 N–H and O–H groups in total. The Morgan fingerprint density at radius 3 is 2.25 bits per heavy atom. The number of hydrogen-bond acceptors (Lipinski definition) is 4. The van der Waals surface area contributed by atoms with Gasteiger partial charge in [0, 0.05) is 5.56 Å². The smallest absolute Gasteiger partial charge is 0.505 e. The van der Waals surface area contributed by atoms with E-state index in [-0.39, 0.29) is 23.5 Å². The minimum Gasteiger partial charge on any atom is -0.505 e. The van der Waals surface area contributed by atoms with Gasteiger partial charge in [0.15, 0.2) is 11.6 Å². The van der Waals surface area contributed by atoms with E-state index in [4.69, 9.17) is 11.0 Å². The third kappa shape index (κ3) is 4.50. The summed E-state index contributed by atoms with van der Waals surface area (Å²) in [6.45, 7) is 0. The number of rotatable bonds is 3. The summed E-state index contributed by atoms with van der Waals surface area (Å²) < 4.78 is 53.6. The third-order valence-electron chi connectivity index (χ3n) is 3.03. The third-order valence-corrected chi connectivity index (χ3v) is 3.03. The molecule has 2 aromatic carbocycles. The van der Waals surface area contributed by atoms with Crippen molar-refractivity contribution in [2.45, 2.75) is 12.4 Å². The van der Waals surface area contributed by atoms with Crippen molar-refractivity contribution >= 4 is 12.4 Å². The van der Waals surface area contributed by atoms with E-state index in [1.165, 1.54) is 18.2 Å². The topological polar surface area (TPSA) is 79.3 Å². The molecule has 128 valence electrons. The van der Waals surface area contributed by atoms with Crippen molar-refractivity contribution in [3.63, 3.8) is 0 Å². The average Bonchev–Trinajstić information content (AvgIpc) is 2.48. The van der Waals surface area contributed by atoms with Crippen LogP contribution in [-0.4, -0.2) is 11.5 Å². The number of hydrogen-bond donors (Lipinski definition) is 2. The highest BCUT2D eigenvalue weighted by Crippen LogP contribution is 2.32. The number of phenolic OH excluding ortho intramolecular Hbond substituents is 1. The molecule has 0 bridgehead atoms. The van der Waals surface area contributed by atoms with E-state index in [0.717, 1.165) is 18.2 Å². The Morgan fingerprint density at radius 1 is 1.17 bits per heavy atom. The summed E-state index contributed by atoms with van der Waals surface area (Å²) >= 11 is 0. The van der Waals surface area contributed by atoms with Gasteiger partial charge in [-0.15, -0.1) is 25.6 Å². The fourth-order valence-electron chi connectivity index (χ4n) is 1.98. The van der Waals surface area contributed by atoms with E-state index in [2.05, 4.69) is 4.74 Å². The minimum absolute atomic E-state index is 0. The van der Waals surface area contributed by atoms with Crippen LogP contribution in [0.3, 0.4) is 0 Å². The molecule has 0 aliphatic carbocycles. The number of halogens is 5. The van der Waals surface area contributed by atoms with Crippen LogP contribution in [0.1, 0.15) is 22.7 Å². The quantitative estimate of drug-likeness (QED) is 0.815. The van der Waals surface area contributed by atoms with Gasteiger partial charge in [0.1, 0.15) is 5.75 Å². The van der Waals surface area contributed by atoms with Crippen LogP contribution < -0.4 is 10.5 Å². The first-order chi connectivity index (χ1) is 10.7. The molecule has 1 atom stereocenters. The molecule has 0 spiro atoms. The Labute approximate surface area is 140 Å². The van der Waals surface area contributed by atoms with Crippen molar-refractivity contribution in [3.8, 4) is 17.6 Å². The lowest BCUT2D eigenvalue weighted by atomic mass is 9.97. The van der Waals surface area contributed by atoms with E-state index >= 15 is 0 Å². The number of ether oxygens (including phenoxy) is 1. The fourth-order valence-corrected chi connectivity index (χ4v) is 1.98. The van der Waals surface area contributed by atoms with Gasteiger partial charge in [-0.3, -0.25) is 0 Å². The van der Waals surface area contributed by atoms with Crippen molar-refractivity contribution in [2.24, 2.45) is 5.73 Å². The molecule has 0 unspecified atom stereocenters. The molecule has 0 amide bonds. The number of nitrogens with two attached hydrogens (primary N) is 1. The number of nitrogens with zero attached hydrogens (tertiary/aromatic N) is 1. The molecular formula is C15H11ClF4N2O2. The van der Waals surface area contributed by atoms with Gasteiger partial charge in [-0.2, -0.15) is 5.26 Å². The van der Waals surface area contributed by atoms with Crippen LogP contribution in [0.4, 0.5) is 17.6 Å². The molecular weight excluding hydrogens is 352 g/mol. The Hall–Kier alpha value is -2.50. The van der Waals surface area contributed by atoms with Crippen molar-refractivity contribution < 1.29 is 27.4 Å². The fraction of sp³-hybridized carbons (Fsp3) is 0.133. The maximum atomic E-state index is 13.6. The van der Waals surface area contributed by atoms with Gasteiger partial charge in [0.05, 0.1) is 17.7 Å². The number of alkyl halides is 3. The molecule has 0 heterocycles. The van der Waals surface area contributed by atoms with Gasteiger partial charge >= 0.3 is 6.36 Å². The van der Waals surface area contributed by atoms with Crippen molar-refractivity contribution in [2.75, 3.05) is 0 Å². The molecule has 9 heteroatoms. The zero-order valence-electron chi connectivity index (χ0n) is 11.8. The summed E-state index contributed by atoms with van der Waals surface area (Å²) in [6.07, 6.45) is -4.81. The molecule has 0 saturated heterocycles. The van der Waals surface area contributed by atoms with E-state index in [1.54, 1.807) is 6.07 Å². The Bertz CT molecular complexity index is 758. The second kappa shape index (κ2) is 7.38. The summed E-state index contributed by atoms with van der Waals surface area (Å²) in [5, 5.41) is 18.5. The zero-order chi connectivity index (χ0) is 17.2. The first kappa shape index (κ1) is 19.5. The van der Waals surface area contributed by atoms with Crippen LogP contribution in [0, 0.1) is 17.1 Å². The van der Waals surface area contributed by atoms with E-state index in [1.807, 2.05) is 0 Å². The maximum absolute atomic E-state index is 13.6. The van der Waals surface area contributed by atoms with E-state index in [9.17, 15) is 22.7 Å². The van der Waals surface area contributed by atoms with Gasteiger partial charge in [0.25, 0.3) is 0 Å². The van der Waals surface area contributed by atoms with Crippen LogP contribution in [0.15, 0.2) is 36.4 Å². The monoisotopic (exact) mass is 362 g/mol. The summed E-state index contributed by atoms with van der Waals surface area (Å²) in [5.41, 5.74) is 6.11. The summed E-state index contributed by atoms with van der Waals surface area (Å²) in [7, 11) is 0. The van der Waals surface area contributed by atoms with Crippen LogP contribution in [-0.2, 0) is 0 Å². The van der Waals surface area contributed by atoms with Crippen LogP contribution >= 0.6 is 12.4 Å². The summed E-state index contributed by atoms with van der Waals surface area (Å²) in [4.78, 5) is 0. The second-order valence-electron chi connectivity index (χ2n) is 4.60. The van der Waals surface area contributed by atoms with Gasteiger partial charge in [-0.1, -0.05) is 12.1 Å². The standard InChI is InChI=1S/C15H10F4N2O2.ClH/c16-12-6-8(7-20)5-11(14(12)22)13(21)9-1-3-10(4-2-9)23-15(17,18)19;/h1-6,13,22H,21H2;1H/t13-;/m0./s1. The molecule has 0 aliphatic heterocycles. The molecule has 24 heavy (non-hydrogen) atoms. The number of nitriles is 1. The first-order valence-corrected chi connectivity index (χ1v) is 6.25. The number of aromatic hydroxyl groups is 1. The lowest BCUT2D eigenvalue weighted by Gasteiger charge is -2.16. The molecule has 0 saturated carbocycles. The van der Waals surface area contributed by atoms with E-state index in [0.29, 0.717) is 5.56 Å². The molecule has 2 rings (SSSR count). The average molecular weight is 363 g/mol. The van der Waals surface area contributed by atoms with Crippen LogP contribution in [0.25, 0.3) is 0 Å². The molecule has 0 aliphatic rings. The molecule has 0 aromatic heterocycles. The highest BCUT2D eigenvalue weighted by molar-refractivity contribution is 5.85. The minimum atomic E-state index is -4.81. The van der Waals surface area contributed by atoms with Gasteiger partial charge in [-0.25, -0.2) is 4.39 Å². The van der Waals surface area contributed by atoms with E-state index < -0.39 is 29.7 Å². The SMILES string of the molecule is Cl.N#Cc1cc(F)c(O)c([C@@H](N)c2ccc(OC(F)(F)F)cc2)c1. The Kier molecular flexibility index (Phi) is 6.01. The predicted octanol–water partition coefficient (Wildman–Crippen LogP) is 3.77. The van der Waals surface area contributed by atoms with Gasteiger partial charge in [-0.05, 0) is 29.8 Å². The highest BCUT2D eigenvalue weighted by Gasteiger charge is 2.31. The lowest BCUT2D eigenvalue weighted by molar-refractivity contribution is -0.274. The summed E-state index contributed by atoms with van der Waals surface area (Å²) in [5.74, 6) is -2.16. The first-order valence-electron chi connectivity index (χ1n) is 6.25. The Morgan fingerprint density at radius 2 is 1.75 bits per heavy atom. The Balaban J connectivity index is 0.00000288. The van der Waals surface area contributed by atoms with Crippen LogP contribution in [0.2, 0.25) is 0 Å². The summed E-state index contributed by atoms with van der Waals surface area (Å²) in [6, 6.07) is 7.36. The molecule has 2 aromatic rings. The normalized spacial score (nSPS) is 12.0. The molecule has 0 fully saturated rings. The second-order valence-corrected chi connectivity index (χ2v) is 4.60. The molecule has 4 nitrogen and oxygen atoms in total. The van der Waals surface area contributed by atoms with Gasteiger partial charge < -0.3 is 15.6 Å². The number of phenols is 1. The zero-order valence-corrected chi connectivity index (χ0v) is 12.7. The highest BCUT2D eigenvalue weighted by atomic mass is 35.5. The lowest BCUT2D eigenvalue weighted by Crippen LogP contribution is -2.17. The van der Waals surface area contributed by atoms with Crippen molar-refractivity contribution in [3.05, 3.63) is 58.9 Å².